The summed E-state index contributed by atoms with van der Waals surface area (Å²) in [6, 6.07) is 1.06. The number of nitro groups is 1. The van der Waals surface area contributed by atoms with E-state index in [0.29, 0.717) is 0 Å². The molecule has 0 amide bonds. The highest BCUT2D eigenvalue weighted by Gasteiger charge is 2.21. The maximum Gasteiger partial charge on any atom is 0.336 e. The van der Waals surface area contributed by atoms with Gasteiger partial charge in [-0.05, 0) is 11.6 Å². The second kappa shape index (κ2) is 5.89. The molecule has 19 heavy (non-hydrogen) atoms. The molecule has 0 aliphatic rings. The molecule has 0 saturated carbocycles. The number of nitrogens with one attached hydrogen (secondary N) is 1. The third-order valence-corrected chi connectivity index (χ3v) is 2.61. The van der Waals surface area contributed by atoms with E-state index in [1.807, 2.05) is 0 Å². The van der Waals surface area contributed by atoms with Gasteiger partial charge in [-0.15, -0.1) is 0 Å². The minimum absolute atomic E-state index is 0.0896. The average molecular weight is 286 g/mol. The fraction of sp³-hybridized carbons (Fsp3) is 0.222. The number of hydrogen-bond donors (Lipinski definition) is 2. The highest BCUT2D eigenvalue weighted by Crippen LogP contribution is 2.38. The summed E-state index contributed by atoms with van der Waals surface area (Å²) in [5.74, 6) is -1.39. The topological polar surface area (TPSA) is 141 Å². The summed E-state index contributed by atoms with van der Waals surface area (Å²) in [6.45, 7) is -0.604. The summed E-state index contributed by atoms with van der Waals surface area (Å²) in [4.78, 5) is 23.5. The molecule has 9 nitrogen and oxygen atoms in total. The second-order valence-corrected chi connectivity index (χ2v) is 3.73. The van der Waals surface area contributed by atoms with Gasteiger partial charge < -0.3 is 10.4 Å². The Hall–Kier alpha value is -2.51. The Morgan fingerprint density at radius 2 is 2.37 bits per heavy atom. The molecule has 0 bridgehead atoms. The van der Waals surface area contributed by atoms with Crippen molar-refractivity contribution in [3.8, 4) is 0 Å². The SMILES string of the molecule is CNc1c(C[N+](=O)[O-])cc(C(=O)O)c(N=[N+]=[N-])c1Cl. The van der Waals surface area contributed by atoms with Gasteiger partial charge >= 0.3 is 5.97 Å². The van der Waals surface area contributed by atoms with Crippen LogP contribution in [0.4, 0.5) is 11.4 Å². The van der Waals surface area contributed by atoms with Crippen molar-refractivity contribution in [1.29, 1.82) is 0 Å². The molecule has 0 saturated heterocycles. The molecule has 0 atom stereocenters. The molecule has 100 valence electrons. The number of anilines is 1. The molecule has 0 spiro atoms. The zero-order valence-electron chi connectivity index (χ0n) is 9.62. The average Bonchev–Trinajstić information content (AvgIpc) is 2.31. The maximum atomic E-state index is 11.1. The van der Waals surface area contributed by atoms with Gasteiger partial charge in [-0.1, -0.05) is 16.7 Å². The van der Waals surface area contributed by atoms with E-state index in [4.69, 9.17) is 22.2 Å². The van der Waals surface area contributed by atoms with Crippen molar-refractivity contribution in [2.75, 3.05) is 12.4 Å². The normalized spacial score (nSPS) is 9.58. The van der Waals surface area contributed by atoms with Crippen molar-refractivity contribution in [3.63, 3.8) is 0 Å². The molecule has 2 N–H and O–H groups in total. The standard InChI is InChI=1S/C9H8ClN5O4/c1-12-7-4(3-15(18)19)2-5(9(16)17)8(6(7)10)13-14-11/h2,12H,3H2,1H3,(H,16,17). The molecule has 1 rings (SSSR count). The van der Waals surface area contributed by atoms with Gasteiger partial charge in [-0.2, -0.15) is 0 Å². The van der Waals surface area contributed by atoms with Crippen LogP contribution in [0, 0.1) is 10.1 Å². The molecule has 0 aliphatic heterocycles. The van der Waals surface area contributed by atoms with E-state index in [9.17, 15) is 14.9 Å². The first-order valence-corrected chi connectivity index (χ1v) is 5.23. The van der Waals surface area contributed by atoms with E-state index in [-0.39, 0.29) is 22.0 Å². The molecule has 0 aromatic heterocycles. The van der Waals surface area contributed by atoms with Crippen molar-refractivity contribution in [1.82, 2.24) is 0 Å². The largest absolute Gasteiger partial charge is 0.478 e. The quantitative estimate of drug-likeness (QED) is 0.281. The molecule has 10 heteroatoms. The molecular formula is C9H8ClN5O4. The number of aromatic carboxylic acids is 1. The van der Waals surface area contributed by atoms with Crippen LogP contribution >= 0.6 is 11.6 Å². The molecule has 0 fully saturated rings. The highest BCUT2D eigenvalue weighted by atomic mass is 35.5. The summed E-state index contributed by atoms with van der Waals surface area (Å²) in [5, 5.41) is 25.2. The molecule has 1 aromatic carbocycles. The van der Waals surface area contributed by atoms with Crippen LogP contribution < -0.4 is 5.32 Å². The third kappa shape index (κ3) is 3.03. The van der Waals surface area contributed by atoms with Crippen LogP contribution in [-0.2, 0) is 6.54 Å². The van der Waals surface area contributed by atoms with Gasteiger partial charge in [-0.3, -0.25) is 10.1 Å². The fourth-order valence-electron chi connectivity index (χ4n) is 1.53. The van der Waals surface area contributed by atoms with Gasteiger partial charge in [0, 0.05) is 22.4 Å². The Bertz CT molecular complexity index is 597. The lowest BCUT2D eigenvalue weighted by Gasteiger charge is -2.12. The molecule has 0 radical (unpaired) electrons. The minimum atomic E-state index is -1.39. The van der Waals surface area contributed by atoms with Crippen LogP contribution in [0.25, 0.3) is 10.4 Å². The third-order valence-electron chi connectivity index (χ3n) is 2.25. The molecular weight excluding hydrogens is 278 g/mol. The van der Waals surface area contributed by atoms with E-state index in [2.05, 4.69) is 15.3 Å². The number of halogens is 1. The van der Waals surface area contributed by atoms with Crippen LogP contribution in [0.1, 0.15) is 15.9 Å². The van der Waals surface area contributed by atoms with E-state index in [1.54, 1.807) is 0 Å². The zero-order chi connectivity index (χ0) is 14.6. The predicted molar refractivity (Wildman–Crippen MR) is 67.5 cm³/mol. The maximum absolute atomic E-state index is 11.1. The molecule has 0 aliphatic carbocycles. The van der Waals surface area contributed by atoms with Crippen LogP contribution in [0.3, 0.4) is 0 Å². The first-order chi connectivity index (χ1) is 8.92. The number of carboxylic acids is 1. The number of carboxylic acid groups (broad SMARTS) is 1. The van der Waals surface area contributed by atoms with E-state index < -0.39 is 23.0 Å². The van der Waals surface area contributed by atoms with Gasteiger partial charge in [-0.25, -0.2) is 4.79 Å². The fourth-order valence-corrected chi connectivity index (χ4v) is 1.89. The van der Waals surface area contributed by atoms with Gasteiger partial charge in [0.2, 0.25) is 6.54 Å². The Kier molecular flexibility index (Phi) is 4.51. The summed E-state index contributed by atoms with van der Waals surface area (Å²) >= 11 is 5.91. The Labute approximate surface area is 111 Å². The number of hydrogen-bond acceptors (Lipinski definition) is 5. The lowest BCUT2D eigenvalue weighted by Crippen LogP contribution is -2.07. The van der Waals surface area contributed by atoms with Crippen molar-refractivity contribution >= 4 is 28.9 Å². The van der Waals surface area contributed by atoms with Crippen molar-refractivity contribution in [2.45, 2.75) is 6.54 Å². The van der Waals surface area contributed by atoms with Crippen molar-refractivity contribution in [3.05, 3.63) is 42.8 Å². The molecule has 0 heterocycles. The van der Waals surface area contributed by atoms with Crippen LogP contribution in [0.15, 0.2) is 11.2 Å². The second-order valence-electron chi connectivity index (χ2n) is 3.36. The number of azide groups is 1. The van der Waals surface area contributed by atoms with Crippen LogP contribution in [-0.4, -0.2) is 23.0 Å². The van der Waals surface area contributed by atoms with Crippen LogP contribution in [0.2, 0.25) is 5.02 Å². The van der Waals surface area contributed by atoms with Gasteiger partial charge in [0.1, 0.15) is 0 Å². The zero-order valence-corrected chi connectivity index (χ0v) is 10.4. The van der Waals surface area contributed by atoms with Gasteiger partial charge in [0.25, 0.3) is 0 Å². The van der Waals surface area contributed by atoms with E-state index in [0.717, 1.165) is 6.07 Å². The Balaban J connectivity index is 3.64. The molecule has 0 unspecified atom stereocenters. The predicted octanol–water partition coefficient (Wildman–Crippen LogP) is 2.80. The van der Waals surface area contributed by atoms with Gasteiger partial charge in [0.05, 0.1) is 22.0 Å². The summed E-state index contributed by atoms with van der Waals surface area (Å²) in [5.41, 5.74) is 7.98. The lowest BCUT2D eigenvalue weighted by atomic mass is 10.1. The number of carbonyl (C=O) groups is 1. The number of rotatable bonds is 5. The first kappa shape index (κ1) is 14.6. The van der Waals surface area contributed by atoms with Crippen molar-refractivity contribution < 1.29 is 14.8 Å². The molecule has 1 aromatic rings. The first-order valence-electron chi connectivity index (χ1n) is 4.85. The van der Waals surface area contributed by atoms with E-state index in [1.165, 1.54) is 7.05 Å². The summed E-state index contributed by atoms with van der Waals surface area (Å²) in [7, 11) is 1.46. The van der Waals surface area contributed by atoms with Crippen molar-refractivity contribution in [2.24, 2.45) is 5.11 Å². The minimum Gasteiger partial charge on any atom is -0.478 e. The number of benzene rings is 1. The lowest BCUT2D eigenvalue weighted by molar-refractivity contribution is -0.496. The monoisotopic (exact) mass is 285 g/mol. The van der Waals surface area contributed by atoms with Gasteiger partial charge in [0.15, 0.2) is 0 Å². The Morgan fingerprint density at radius 3 is 2.79 bits per heavy atom. The summed E-state index contributed by atoms with van der Waals surface area (Å²) in [6.07, 6.45) is 0. The highest BCUT2D eigenvalue weighted by molar-refractivity contribution is 6.36. The smallest absolute Gasteiger partial charge is 0.336 e. The van der Waals surface area contributed by atoms with E-state index >= 15 is 0 Å². The number of nitrogens with zero attached hydrogens (tertiary/aromatic N) is 4. The Morgan fingerprint density at radius 1 is 1.74 bits per heavy atom. The summed E-state index contributed by atoms with van der Waals surface area (Å²) < 4.78 is 0. The van der Waals surface area contributed by atoms with Crippen LogP contribution in [0.5, 0.6) is 0 Å².